The molecular formula is C51H90O5. The number of hydrogen-bond donors (Lipinski definition) is 0. The van der Waals surface area contributed by atoms with Crippen molar-refractivity contribution in [1.82, 2.24) is 0 Å². The van der Waals surface area contributed by atoms with E-state index in [4.69, 9.17) is 14.2 Å². The van der Waals surface area contributed by atoms with Gasteiger partial charge >= 0.3 is 11.9 Å². The fourth-order valence-corrected chi connectivity index (χ4v) is 6.49. The molecule has 0 saturated carbocycles. The minimum Gasteiger partial charge on any atom is -0.462 e. The quantitative estimate of drug-likeness (QED) is 0.0350. The molecular weight excluding hydrogens is 693 g/mol. The Labute approximate surface area is 347 Å². The van der Waals surface area contributed by atoms with E-state index in [0.29, 0.717) is 19.4 Å². The van der Waals surface area contributed by atoms with Crippen LogP contribution in [0.25, 0.3) is 0 Å². The zero-order valence-corrected chi connectivity index (χ0v) is 37.1. The molecule has 0 aromatic rings. The summed E-state index contributed by atoms with van der Waals surface area (Å²) in [6.07, 6.45) is 57.9. The largest absolute Gasteiger partial charge is 0.462 e. The van der Waals surface area contributed by atoms with Gasteiger partial charge in [-0.15, -0.1) is 0 Å². The number of unbranched alkanes of at least 4 members (excludes halogenated alkanes) is 22. The van der Waals surface area contributed by atoms with E-state index in [0.717, 1.165) is 83.5 Å². The van der Waals surface area contributed by atoms with Crippen LogP contribution in [0, 0.1) is 0 Å². The molecule has 5 heteroatoms. The third kappa shape index (κ3) is 44.3. The average molecular weight is 783 g/mol. The Kier molecular flexibility index (Phi) is 45.0. The predicted molar refractivity (Wildman–Crippen MR) is 242 cm³/mol. The molecule has 0 aromatic heterocycles. The third-order valence-corrected chi connectivity index (χ3v) is 10.0. The number of carbonyl (C=O) groups excluding carboxylic acids is 2. The smallest absolute Gasteiger partial charge is 0.306 e. The van der Waals surface area contributed by atoms with Crippen LogP contribution in [0.2, 0.25) is 0 Å². The summed E-state index contributed by atoms with van der Waals surface area (Å²) in [6.45, 7) is 7.64. The SMILES string of the molecule is CC/C=C\C/C=C\C/C=C\CCCCCCCCOCC(COC(=O)CCCCCCC/C=C\C/C=C\CCCCC)OC(=O)CCCCCCCCCCC. The normalized spacial score (nSPS) is 12.7. The second-order valence-corrected chi connectivity index (χ2v) is 15.6. The van der Waals surface area contributed by atoms with Crippen molar-refractivity contribution >= 4 is 11.9 Å². The van der Waals surface area contributed by atoms with Gasteiger partial charge in [-0.3, -0.25) is 9.59 Å². The molecule has 0 amide bonds. The fourth-order valence-electron chi connectivity index (χ4n) is 6.49. The van der Waals surface area contributed by atoms with Gasteiger partial charge < -0.3 is 14.2 Å². The van der Waals surface area contributed by atoms with E-state index in [1.165, 1.54) is 109 Å². The van der Waals surface area contributed by atoms with Gasteiger partial charge in [-0.25, -0.2) is 0 Å². The summed E-state index contributed by atoms with van der Waals surface area (Å²) < 4.78 is 17.3. The van der Waals surface area contributed by atoms with Gasteiger partial charge in [-0.1, -0.05) is 191 Å². The maximum Gasteiger partial charge on any atom is 0.306 e. The fraction of sp³-hybridized carbons (Fsp3) is 0.765. The minimum atomic E-state index is -0.545. The van der Waals surface area contributed by atoms with Gasteiger partial charge in [0.15, 0.2) is 6.10 Å². The Balaban J connectivity index is 4.25. The highest BCUT2D eigenvalue weighted by Gasteiger charge is 2.17. The van der Waals surface area contributed by atoms with Gasteiger partial charge in [0, 0.05) is 19.4 Å². The minimum absolute atomic E-state index is 0.0730. The maximum atomic E-state index is 12.7. The molecule has 0 aliphatic rings. The van der Waals surface area contributed by atoms with Gasteiger partial charge in [-0.05, 0) is 83.5 Å². The average Bonchev–Trinajstić information content (AvgIpc) is 3.20. The summed E-state index contributed by atoms with van der Waals surface area (Å²) in [4.78, 5) is 25.2. The van der Waals surface area contributed by atoms with E-state index < -0.39 is 6.10 Å². The highest BCUT2D eigenvalue weighted by molar-refractivity contribution is 5.70. The Morgan fingerprint density at radius 1 is 0.411 bits per heavy atom. The van der Waals surface area contributed by atoms with Gasteiger partial charge in [-0.2, -0.15) is 0 Å². The van der Waals surface area contributed by atoms with Crippen LogP contribution in [0.15, 0.2) is 60.8 Å². The molecule has 0 aliphatic carbocycles. The second kappa shape index (κ2) is 47.0. The molecule has 56 heavy (non-hydrogen) atoms. The van der Waals surface area contributed by atoms with Crippen LogP contribution in [0.5, 0.6) is 0 Å². The highest BCUT2D eigenvalue weighted by atomic mass is 16.6. The highest BCUT2D eigenvalue weighted by Crippen LogP contribution is 2.13. The third-order valence-electron chi connectivity index (χ3n) is 10.0. The molecule has 1 atom stereocenters. The lowest BCUT2D eigenvalue weighted by Crippen LogP contribution is -2.30. The molecule has 0 radical (unpaired) electrons. The van der Waals surface area contributed by atoms with Crippen molar-refractivity contribution in [2.75, 3.05) is 19.8 Å². The number of esters is 2. The molecule has 0 heterocycles. The topological polar surface area (TPSA) is 61.8 Å². The lowest BCUT2D eigenvalue weighted by atomic mass is 10.1. The van der Waals surface area contributed by atoms with Crippen LogP contribution in [0.3, 0.4) is 0 Å². The van der Waals surface area contributed by atoms with Crippen molar-refractivity contribution < 1.29 is 23.8 Å². The first-order chi connectivity index (χ1) is 27.6. The van der Waals surface area contributed by atoms with E-state index >= 15 is 0 Å². The number of allylic oxidation sites excluding steroid dienone is 10. The van der Waals surface area contributed by atoms with E-state index in [2.05, 4.69) is 81.5 Å². The van der Waals surface area contributed by atoms with Crippen molar-refractivity contribution in [3.8, 4) is 0 Å². The summed E-state index contributed by atoms with van der Waals surface area (Å²) in [7, 11) is 0. The van der Waals surface area contributed by atoms with Crippen LogP contribution in [-0.4, -0.2) is 37.9 Å². The number of hydrogen-bond acceptors (Lipinski definition) is 5. The van der Waals surface area contributed by atoms with Crippen molar-refractivity contribution in [1.29, 1.82) is 0 Å². The summed E-state index contributed by atoms with van der Waals surface area (Å²) in [5, 5.41) is 0. The molecule has 1 unspecified atom stereocenters. The van der Waals surface area contributed by atoms with E-state index in [1.54, 1.807) is 0 Å². The first-order valence-electron chi connectivity index (χ1n) is 23.8. The van der Waals surface area contributed by atoms with Crippen molar-refractivity contribution in [3.63, 3.8) is 0 Å². The molecule has 5 nitrogen and oxygen atoms in total. The molecule has 0 bridgehead atoms. The molecule has 0 N–H and O–H groups in total. The second-order valence-electron chi connectivity index (χ2n) is 15.6. The summed E-state index contributed by atoms with van der Waals surface area (Å²) in [5.41, 5.74) is 0. The molecule has 0 rings (SSSR count). The van der Waals surface area contributed by atoms with Crippen LogP contribution in [0.4, 0.5) is 0 Å². The zero-order valence-electron chi connectivity index (χ0n) is 37.1. The molecule has 0 aliphatic heterocycles. The molecule has 0 fully saturated rings. The number of carbonyl (C=O) groups is 2. The van der Waals surface area contributed by atoms with Crippen LogP contribution >= 0.6 is 0 Å². The predicted octanol–water partition coefficient (Wildman–Crippen LogP) is 15.8. The summed E-state index contributed by atoms with van der Waals surface area (Å²) >= 11 is 0. The van der Waals surface area contributed by atoms with Crippen molar-refractivity contribution in [3.05, 3.63) is 60.8 Å². The Bertz CT molecular complexity index is 977. The molecule has 0 aromatic carbocycles. The Morgan fingerprint density at radius 2 is 0.804 bits per heavy atom. The van der Waals surface area contributed by atoms with E-state index in [9.17, 15) is 9.59 Å². The number of rotatable bonds is 43. The number of ether oxygens (including phenoxy) is 3. The first-order valence-corrected chi connectivity index (χ1v) is 23.8. The monoisotopic (exact) mass is 783 g/mol. The van der Waals surface area contributed by atoms with Crippen LogP contribution < -0.4 is 0 Å². The van der Waals surface area contributed by atoms with E-state index in [1.807, 2.05) is 0 Å². The standard InChI is InChI=1S/C51H90O5/c1-4-7-10-13-16-19-21-23-25-27-29-31-34-37-40-43-46-54-47-49(56-51(53)45-42-39-36-32-18-15-12-9-6-3)48-55-50(52)44-41-38-35-33-30-28-26-24-22-20-17-14-11-8-5-2/h7,10,16-17,19-20,23-26,49H,4-6,8-9,11-15,18,21-22,27-48H2,1-3H3/b10-7-,19-16-,20-17-,25-23-,26-24-. The molecule has 324 valence electrons. The Morgan fingerprint density at radius 3 is 1.32 bits per heavy atom. The van der Waals surface area contributed by atoms with Gasteiger partial charge in [0.25, 0.3) is 0 Å². The van der Waals surface area contributed by atoms with Crippen LogP contribution in [-0.2, 0) is 23.8 Å². The molecule has 0 saturated heterocycles. The summed E-state index contributed by atoms with van der Waals surface area (Å²) in [6, 6.07) is 0. The van der Waals surface area contributed by atoms with E-state index in [-0.39, 0.29) is 25.2 Å². The summed E-state index contributed by atoms with van der Waals surface area (Å²) in [5.74, 6) is -0.420. The van der Waals surface area contributed by atoms with Gasteiger partial charge in [0.1, 0.15) is 6.61 Å². The van der Waals surface area contributed by atoms with Gasteiger partial charge in [0.05, 0.1) is 6.61 Å². The van der Waals surface area contributed by atoms with Crippen LogP contribution in [0.1, 0.15) is 226 Å². The lowest BCUT2D eigenvalue weighted by Gasteiger charge is -2.18. The Hall–Kier alpha value is -2.40. The van der Waals surface area contributed by atoms with Gasteiger partial charge in [0.2, 0.25) is 0 Å². The zero-order chi connectivity index (χ0) is 40.7. The molecule has 0 spiro atoms. The van der Waals surface area contributed by atoms with Crippen molar-refractivity contribution in [2.45, 2.75) is 232 Å². The lowest BCUT2D eigenvalue weighted by molar-refractivity contribution is -0.163. The van der Waals surface area contributed by atoms with Crippen molar-refractivity contribution in [2.24, 2.45) is 0 Å². The maximum absolute atomic E-state index is 12.7. The first kappa shape index (κ1) is 53.6.